The number of methoxy groups -OCH3 is 2. The van der Waals surface area contributed by atoms with Crippen LogP contribution in [-0.4, -0.2) is 64.1 Å². The van der Waals surface area contributed by atoms with Crippen LogP contribution in [0.25, 0.3) is 0 Å². The van der Waals surface area contributed by atoms with Crippen LogP contribution >= 0.6 is 0 Å². The van der Waals surface area contributed by atoms with Crippen LogP contribution in [0.15, 0.2) is 30.7 Å². The molecule has 0 fully saturated rings. The van der Waals surface area contributed by atoms with Crippen molar-refractivity contribution in [3.63, 3.8) is 0 Å². The van der Waals surface area contributed by atoms with Crippen molar-refractivity contribution in [3.8, 4) is 5.88 Å². The van der Waals surface area contributed by atoms with Crippen LogP contribution in [0.2, 0.25) is 0 Å². The smallest absolute Gasteiger partial charge is 0.249 e. The Morgan fingerprint density at radius 1 is 1.26 bits per heavy atom. The maximum atomic E-state index is 12.6. The minimum Gasteiger partial charge on any atom is -0.481 e. The lowest BCUT2D eigenvalue weighted by Gasteiger charge is -2.37. The quantitative estimate of drug-likeness (QED) is 0.514. The van der Waals surface area contributed by atoms with Gasteiger partial charge in [-0.25, -0.2) is 9.97 Å². The molecule has 2 atom stereocenters. The molecule has 34 heavy (non-hydrogen) atoms. The number of anilines is 3. The SMILES string of the molecule is C.COc1cc(Cn2cc(CNc3nc(C)c4c(n3)N(C)[C@@H]([C@@H](C)OC)C(=O)N4)cn2)ccn1. The lowest BCUT2D eigenvalue weighted by Crippen LogP contribution is -2.53. The molecule has 2 N–H and O–H groups in total. The highest BCUT2D eigenvalue weighted by Crippen LogP contribution is 2.33. The number of amides is 1. The molecular formula is C23H32N8O3. The molecule has 0 bridgehead atoms. The van der Waals surface area contributed by atoms with E-state index >= 15 is 0 Å². The number of nitrogens with one attached hydrogen (secondary N) is 2. The molecule has 4 heterocycles. The second-order valence-electron chi connectivity index (χ2n) is 7.92. The molecule has 11 heteroatoms. The molecule has 1 aliphatic heterocycles. The zero-order valence-corrected chi connectivity index (χ0v) is 19.4. The van der Waals surface area contributed by atoms with Gasteiger partial charge in [0.05, 0.1) is 31.6 Å². The highest BCUT2D eigenvalue weighted by Gasteiger charge is 2.37. The Hall–Kier alpha value is -3.73. The zero-order chi connectivity index (χ0) is 23.5. The monoisotopic (exact) mass is 468 g/mol. The van der Waals surface area contributed by atoms with Gasteiger partial charge in [-0.1, -0.05) is 7.43 Å². The van der Waals surface area contributed by atoms with E-state index < -0.39 is 6.04 Å². The number of hydrogen-bond acceptors (Lipinski definition) is 9. The number of aromatic nitrogens is 5. The van der Waals surface area contributed by atoms with Crippen molar-refractivity contribution in [2.24, 2.45) is 0 Å². The van der Waals surface area contributed by atoms with Gasteiger partial charge in [0, 0.05) is 44.7 Å². The Morgan fingerprint density at radius 3 is 2.79 bits per heavy atom. The van der Waals surface area contributed by atoms with E-state index in [1.54, 1.807) is 26.6 Å². The van der Waals surface area contributed by atoms with Gasteiger partial charge in [-0.15, -0.1) is 0 Å². The van der Waals surface area contributed by atoms with Gasteiger partial charge < -0.3 is 25.0 Å². The summed E-state index contributed by atoms with van der Waals surface area (Å²) in [7, 11) is 5.02. The summed E-state index contributed by atoms with van der Waals surface area (Å²) < 4.78 is 12.4. The molecule has 3 aromatic heterocycles. The number of carbonyl (C=O) groups is 1. The molecule has 3 aromatic rings. The lowest BCUT2D eigenvalue weighted by atomic mass is 10.1. The molecule has 0 aromatic carbocycles. The van der Waals surface area contributed by atoms with E-state index in [4.69, 9.17) is 9.47 Å². The summed E-state index contributed by atoms with van der Waals surface area (Å²) in [5.74, 6) is 1.57. The first-order chi connectivity index (χ1) is 15.9. The van der Waals surface area contributed by atoms with E-state index in [0.717, 1.165) is 11.1 Å². The number of ether oxygens (including phenoxy) is 2. The van der Waals surface area contributed by atoms with Crippen molar-refractivity contribution in [1.29, 1.82) is 0 Å². The fraction of sp³-hybridized carbons (Fsp3) is 0.435. The molecule has 4 rings (SSSR count). The number of rotatable bonds is 8. The van der Waals surface area contributed by atoms with Gasteiger partial charge in [0.25, 0.3) is 0 Å². The van der Waals surface area contributed by atoms with Crippen molar-refractivity contribution in [3.05, 3.63) is 47.5 Å². The van der Waals surface area contributed by atoms with Gasteiger partial charge in [0.1, 0.15) is 11.7 Å². The zero-order valence-electron chi connectivity index (χ0n) is 19.4. The van der Waals surface area contributed by atoms with Crippen molar-refractivity contribution in [2.45, 2.75) is 46.5 Å². The molecular weight excluding hydrogens is 436 g/mol. The number of hydrogen-bond donors (Lipinski definition) is 2. The van der Waals surface area contributed by atoms with E-state index in [-0.39, 0.29) is 19.4 Å². The summed E-state index contributed by atoms with van der Waals surface area (Å²) in [6.07, 6.45) is 5.20. The molecule has 0 aliphatic carbocycles. The maximum Gasteiger partial charge on any atom is 0.249 e. The van der Waals surface area contributed by atoms with Gasteiger partial charge in [-0.05, 0) is 25.5 Å². The molecule has 0 unspecified atom stereocenters. The fourth-order valence-corrected chi connectivity index (χ4v) is 3.81. The van der Waals surface area contributed by atoms with Gasteiger partial charge in [0.2, 0.25) is 17.7 Å². The minimum absolute atomic E-state index is 0. The Labute approximate surface area is 199 Å². The molecule has 182 valence electrons. The third kappa shape index (κ3) is 5.09. The molecule has 0 radical (unpaired) electrons. The first kappa shape index (κ1) is 24.9. The standard InChI is InChI=1S/C22H28N8O3.CH4/c1-13-18-20(29(3)19(14(2)32-4)21(31)27-18)28-22(26-13)24-9-16-10-25-30(12-16)11-15-6-7-23-17(8-15)33-5;/h6-8,10,12,14,19H,9,11H2,1-5H3,(H,27,31)(H,24,26,28);1H4/t14-,19+;/m1./s1. The molecule has 1 amide bonds. The molecule has 0 spiro atoms. The highest BCUT2D eigenvalue weighted by molar-refractivity contribution is 6.03. The van der Waals surface area contributed by atoms with E-state index in [1.807, 2.05) is 48.8 Å². The van der Waals surface area contributed by atoms with Crippen molar-refractivity contribution < 1.29 is 14.3 Å². The molecule has 11 nitrogen and oxygen atoms in total. The lowest BCUT2D eigenvalue weighted by molar-refractivity contribution is -0.120. The fourth-order valence-electron chi connectivity index (χ4n) is 3.81. The largest absolute Gasteiger partial charge is 0.481 e. The summed E-state index contributed by atoms with van der Waals surface area (Å²) in [6, 6.07) is 3.34. The molecule has 0 saturated carbocycles. The van der Waals surface area contributed by atoms with Crippen molar-refractivity contribution in [1.82, 2.24) is 24.7 Å². The van der Waals surface area contributed by atoms with Crippen LogP contribution in [0, 0.1) is 6.92 Å². The first-order valence-corrected chi connectivity index (χ1v) is 10.6. The topological polar surface area (TPSA) is 119 Å². The van der Waals surface area contributed by atoms with Gasteiger partial charge in [-0.3, -0.25) is 9.48 Å². The van der Waals surface area contributed by atoms with Gasteiger partial charge in [0.15, 0.2) is 5.82 Å². The number of pyridine rings is 1. The number of nitrogens with zero attached hydrogens (tertiary/aromatic N) is 6. The van der Waals surface area contributed by atoms with E-state index in [1.165, 1.54) is 0 Å². The van der Waals surface area contributed by atoms with Crippen molar-refractivity contribution in [2.75, 3.05) is 36.8 Å². The number of carbonyl (C=O) groups excluding carboxylic acids is 1. The van der Waals surface area contributed by atoms with Crippen LogP contribution in [-0.2, 0) is 22.6 Å². The Balaban J connectivity index is 0.00000324. The second-order valence-corrected chi connectivity index (χ2v) is 7.92. The maximum absolute atomic E-state index is 12.6. The summed E-state index contributed by atoms with van der Waals surface area (Å²) >= 11 is 0. The third-order valence-electron chi connectivity index (χ3n) is 5.65. The second kappa shape index (κ2) is 10.5. The molecule has 0 saturated heterocycles. The average Bonchev–Trinajstić information content (AvgIpc) is 3.25. The number of likely N-dealkylation sites (N-methyl/N-ethyl adjacent to an activating group) is 1. The number of fused-ring (bicyclic) bond motifs is 1. The Kier molecular flexibility index (Phi) is 7.67. The van der Waals surface area contributed by atoms with E-state index in [9.17, 15) is 4.79 Å². The van der Waals surface area contributed by atoms with Crippen molar-refractivity contribution >= 4 is 23.4 Å². The number of aryl methyl sites for hydroxylation is 1. The summed E-state index contributed by atoms with van der Waals surface area (Å²) in [4.78, 5) is 27.7. The first-order valence-electron chi connectivity index (χ1n) is 10.6. The summed E-state index contributed by atoms with van der Waals surface area (Å²) in [6.45, 7) is 4.82. The van der Waals surface area contributed by atoms with Gasteiger partial charge >= 0.3 is 0 Å². The van der Waals surface area contributed by atoms with Gasteiger partial charge in [-0.2, -0.15) is 10.1 Å². The summed E-state index contributed by atoms with van der Waals surface area (Å²) in [5.41, 5.74) is 3.34. The minimum atomic E-state index is -0.477. The average molecular weight is 469 g/mol. The van der Waals surface area contributed by atoms with Crippen LogP contribution in [0.1, 0.15) is 31.2 Å². The van der Waals surface area contributed by atoms with Crippen LogP contribution < -0.4 is 20.3 Å². The van der Waals surface area contributed by atoms with Crippen LogP contribution in [0.5, 0.6) is 5.88 Å². The normalized spacial score (nSPS) is 15.7. The van der Waals surface area contributed by atoms with Crippen LogP contribution in [0.3, 0.4) is 0 Å². The van der Waals surface area contributed by atoms with E-state index in [0.29, 0.717) is 42.1 Å². The van der Waals surface area contributed by atoms with E-state index in [2.05, 4.69) is 30.7 Å². The Bertz CT molecular complexity index is 1150. The predicted octanol–water partition coefficient (Wildman–Crippen LogP) is 2.47. The third-order valence-corrected chi connectivity index (χ3v) is 5.65. The predicted molar refractivity (Wildman–Crippen MR) is 130 cm³/mol. The summed E-state index contributed by atoms with van der Waals surface area (Å²) in [5, 5.41) is 10.6. The Morgan fingerprint density at radius 2 is 2.06 bits per heavy atom. The van der Waals surface area contributed by atoms with Crippen LogP contribution in [0.4, 0.5) is 17.5 Å². The molecule has 1 aliphatic rings. The highest BCUT2D eigenvalue weighted by atomic mass is 16.5.